The second-order valence-corrected chi connectivity index (χ2v) is 3.47. The van der Waals surface area contributed by atoms with Crippen LogP contribution in [0.4, 0.5) is 4.39 Å². The molecule has 3 nitrogen and oxygen atoms in total. The minimum absolute atomic E-state index is 0.0876. The van der Waals surface area contributed by atoms with E-state index in [9.17, 15) is 4.39 Å². The maximum atomic E-state index is 14.0. The molecular weight excluding hydrogens is 197 g/mol. The third-order valence-electron chi connectivity index (χ3n) is 2.35. The Kier molecular flexibility index (Phi) is 3.52. The normalized spacial score (nSPS) is 14.5. The van der Waals surface area contributed by atoms with Crippen LogP contribution in [0.5, 0.6) is 11.5 Å². The van der Waals surface area contributed by atoms with Gasteiger partial charge in [-0.05, 0) is 19.1 Å². The highest BCUT2D eigenvalue weighted by Gasteiger charge is 2.27. The quantitative estimate of drug-likeness (QED) is 0.830. The average Bonchev–Trinajstić information content (AvgIpc) is 2.28. The van der Waals surface area contributed by atoms with Crippen LogP contribution in [0, 0.1) is 0 Å². The third-order valence-corrected chi connectivity index (χ3v) is 2.35. The van der Waals surface area contributed by atoms with E-state index < -0.39 is 5.67 Å². The predicted molar refractivity (Wildman–Crippen MR) is 57.1 cm³/mol. The minimum Gasteiger partial charge on any atom is -0.497 e. The summed E-state index contributed by atoms with van der Waals surface area (Å²) >= 11 is 0. The molecule has 84 valence electrons. The molecule has 0 aliphatic rings. The fourth-order valence-corrected chi connectivity index (χ4v) is 1.34. The largest absolute Gasteiger partial charge is 0.497 e. The Morgan fingerprint density at radius 3 is 2.47 bits per heavy atom. The molecule has 0 saturated carbocycles. The summed E-state index contributed by atoms with van der Waals surface area (Å²) in [7, 11) is 3.04. The van der Waals surface area contributed by atoms with Gasteiger partial charge >= 0.3 is 0 Å². The lowest BCUT2D eigenvalue weighted by Crippen LogP contribution is -2.27. The molecule has 1 aromatic rings. The van der Waals surface area contributed by atoms with Crippen molar-refractivity contribution in [1.82, 2.24) is 0 Å². The number of hydrogen-bond acceptors (Lipinski definition) is 3. The second kappa shape index (κ2) is 4.49. The molecule has 0 fully saturated rings. The number of benzene rings is 1. The monoisotopic (exact) mass is 213 g/mol. The van der Waals surface area contributed by atoms with Crippen LogP contribution in [0.3, 0.4) is 0 Å². The first-order valence-corrected chi connectivity index (χ1v) is 4.66. The van der Waals surface area contributed by atoms with Gasteiger partial charge in [0.05, 0.1) is 14.2 Å². The number of rotatable bonds is 4. The van der Waals surface area contributed by atoms with Crippen molar-refractivity contribution in [3.8, 4) is 11.5 Å². The summed E-state index contributed by atoms with van der Waals surface area (Å²) in [4.78, 5) is 0. The summed E-state index contributed by atoms with van der Waals surface area (Å²) in [6, 6.07) is 4.96. The van der Waals surface area contributed by atoms with E-state index in [2.05, 4.69) is 0 Å². The molecule has 0 heterocycles. The van der Waals surface area contributed by atoms with Crippen molar-refractivity contribution in [3.05, 3.63) is 23.8 Å². The molecule has 1 rings (SSSR count). The van der Waals surface area contributed by atoms with Crippen LogP contribution in [0.1, 0.15) is 12.5 Å². The van der Waals surface area contributed by atoms with Crippen molar-refractivity contribution in [1.29, 1.82) is 0 Å². The van der Waals surface area contributed by atoms with Gasteiger partial charge in [-0.3, -0.25) is 0 Å². The Balaban J connectivity index is 3.18. The van der Waals surface area contributed by atoms with Crippen LogP contribution in [0.25, 0.3) is 0 Å². The van der Waals surface area contributed by atoms with Gasteiger partial charge in [0.15, 0.2) is 0 Å². The van der Waals surface area contributed by atoms with Gasteiger partial charge in [-0.1, -0.05) is 0 Å². The first-order chi connectivity index (χ1) is 7.05. The molecule has 15 heavy (non-hydrogen) atoms. The van der Waals surface area contributed by atoms with Gasteiger partial charge < -0.3 is 15.2 Å². The fraction of sp³-hybridized carbons (Fsp3) is 0.455. The zero-order valence-corrected chi connectivity index (χ0v) is 9.21. The van der Waals surface area contributed by atoms with Crippen LogP contribution in [0.2, 0.25) is 0 Å². The Bertz CT molecular complexity index is 339. The van der Waals surface area contributed by atoms with Crippen molar-refractivity contribution in [2.45, 2.75) is 12.6 Å². The Morgan fingerprint density at radius 1 is 1.33 bits per heavy atom. The zero-order chi connectivity index (χ0) is 11.5. The van der Waals surface area contributed by atoms with Gasteiger partial charge in [0.25, 0.3) is 0 Å². The van der Waals surface area contributed by atoms with E-state index in [4.69, 9.17) is 15.2 Å². The van der Waals surface area contributed by atoms with Gasteiger partial charge in [-0.2, -0.15) is 0 Å². The molecule has 0 amide bonds. The number of nitrogens with two attached hydrogens (primary N) is 1. The fourth-order valence-electron chi connectivity index (χ4n) is 1.34. The number of ether oxygens (including phenoxy) is 2. The van der Waals surface area contributed by atoms with Crippen molar-refractivity contribution in [3.63, 3.8) is 0 Å². The SMILES string of the molecule is COc1ccc(C(C)(F)CN)c(OC)c1. The number of halogens is 1. The minimum atomic E-state index is -1.59. The van der Waals surface area contributed by atoms with Crippen LogP contribution < -0.4 is 15.2 Å². The highest BCUT2D eigenvalue weighted by atomic mass is 19.1. The van der Waals surface area contributed by atoms with Crippen LogP contribution in [-0.2, 0) is 5.67 Å². The topological polar surface area (TPSA) is 44.5 Å². The van der Waals surface area contributed by atoms with Gasteiger partial charge in [0.2, 0.25) is 0 Å². The predicted octanol–water partition coefficient (Wildman–Crippen LogP) is 1.85. The van der Waals surface area contributed by atoms with Crippen molar-refractivity contribution >= 4 is 0 Å². The maximum absolute atomic E-state index is 14.0. The van der Waals surface area contributed by atoms with Gasteiger partial charge in [0, 0.05) is 18.2 Å². The molecule has 1 atom stereocenters. The molecule has 0 aliphatic heterocycles. The summed E-state index contributed by atoms with van der Waals surface area (Å²) in [5, 5.41) is 0. The summed E-state index contributed by atoms with van der Waals surface area (Å²) in [5.74, 6) is 1.08. The van der Waals surface area contributed by atoms with Gasteiger partial charge in [-0.25, -0.2) is 4.39 Å². The standard InChI is InChI=1S/C11H16FNO2/c1-11(12,7-13)9-5-4-8(14-2)6-10(9)15-3/h4-6H,7,13H2,1-3H3. The summed E-state index contributed by atoms with van der Waals surface area (Å²) in [5.41, 5.74) is 4.22. The average molecular weight is 213 g/mol. The molecule has 0 aromatic heterocycles. The number of alkyl halides is 1. The summed E-state index contributed by atoms with van der Waals surface area (Å²) < 4.78 is 24.1. The molecule has 0 saturated heterocycles. The van der Waals surface area contributed by atoms with E-state index in [0.29, 0.717) is 17.1 Å². The smallest absolute Gasteiger partial charge is 0.148 e. The molecule has 0 spiro atoms. The highest BCUT2D eigenvalue weighted by Crippen LogP contribution is 2.34. The second-order valence-electron chi connectivity index (χ2n) is 3.47. The van der Waals surface area contributed by atoms with E-state index in [0.717, 1.165) is 0 Å². The summed E-state index contributed by atoms with van der Waals surface area (Å²) in [6.45, 7) is 1.34. The van der Waals surface area contributed by atoms with Crippen LogP contribution in [-0.4, -0.2) is 20.8 Å². The van der Waals surface area contributed by atoms with Crippen LogP contribution >= 0.6 is 0 Å². The van der Waals surface area contributed by atoms with E-state index in [1.807, 2.05) is 0 Å². The molecule has 1 unspecified atom stereocenters. The Morgan fingerprint density at radius 2 is 2.00 bits per heavy atom. The van der Waals surface area contributed by atoms with Gasteiger partial charge in [0.1, 0.15) is 17.2 Å². The first kappa shape index (κ1) is 11.8. The lowest BCUT2D eigenvalue weighted by molar-refractivity contribution is 0.196. The summed E-state index contributed by atoms with van der Waals surface area (Å²) in [6.07, 6.45) is 0. The molecule has 0 aliphatic carbocycles. The molecule has 0 radical (unpaired) electrons. The maximum Gasteiger partial charge on any atom is 0.148 e. The van der Waals surface area contributed by atoms with Crippen molar-refractivity contribution in [2.24, 2.45) is 5.73 Å². The van der Waals surface area contributed by atoms with Crippen molar-refractivity contribution < 1.29 is 13.9 Å². The highest BCUT2D eigenvalue weighted by molar-refractivity contribution is 5.43. The Labute approximate surface area is 89.0 Å². The molecular formula is C11H16FNO2. The number of methoxy groups -OCH3 is 2. The van der Waals surface area contributed by atoms with Gasteiger partial charge in [-0.15, -0.1) is 0 Å². The lowest BCUT2D eigenvalue weighted by Gasteiger charge is -2.21. The van der Waals surface area contributed by atoms with Crippen molar-refractivity contribution in [2.75, 3.05) is 20.8 Å². The molecule has 2 N–H and O–H groups in total. The molecule has 0 bridgehead atoms. The van der Waals surface area contributed by atoms with E-state index >= 15 is 0 Å². The Hall–Kier alpha value is -1.29. The molecule has 4 heteroatoms. The number of hydrogen-bond donors (Lipinski definition) is 1. The van der Waals surface area contributed by atoms with Crippen LogP contribution in [0.15, 0.2) is 18.2 Å². The van der Waals surface area contributed by atoms with E-state index in [1.54, 1.807) is 25.3 Å². The zero-order valence-electron chi connectivity index (χ0n) is 9.21. The van der Waals surface area contributed by atoms with E-state index in [-0.39, 0.29) is 6.54 Å². The first-order valence-electron chi connectivity index (χ1n) is 4.66. The lowest BCUT2D eigenvalue weighted by atomic mass is 9.97. The van der Waals surface area contributed by atoms with E-state index in [1.165, 1.54) is 14.0 Å². The third kappa shape index (κ3) is 2.39. The molecule has 1 aromatic carbocycles.